The minimum absolute atomic E-state index is 0.279. The Kier molecular flexibility index (Phi) is 3.09. The van der Waals surface area contributed by atoms with Crippen molar-refractivity contribution in [3.63, 3.8) is 0 Å². The number of aromatic nitrogens is 1. The summed E-state index contributed by atoms with van der Waals surface area (Å²) in [6, 6.07) is 13.4. The lowest BCUT2D eigenvalue weighted by Gasteiger charge is -2.03. The fraction of sp³-hybridized carbons (Fsp3) is 0.133. The van der Waals surface area contributed by atoms with E-state index in [0.29, 0.717) is 6.54 Å². The lowest BCUT2D eigenvalue weighted by atomic mass is 10.2. The Labute approximate surface area is 115 Å². The molecule has 3 nitrogen and oxygen atoms in total. The van der Waals surface area contributed by atoms with Crippen molar-refractivity contribution >= 4 is 27.2 Å². The van der Waals surface area contributed by atoms with Crippen molar-refractivity contribution in [2.45, 2.75) is 13.5 Å². The smallest absolute Gasteiger partial charge is 0.115 e. The van der Waals surface area contributed by atoms with Gasteiger partial charge in [0.1, 0.15) is 10.8 Å². The molecule has 0 aliphatic carbocycles. The zero-order valence-electron chi connectivity index (χ0n) is 10.6. The molecule has 4 heteroatoms. The first-order valence-corrected chi connectivity index (χ1v) is 6.91. The number of phenols is 1. The van der Waals surface area contributed by atoms with Crippen LogP contribution in [0, 0.1) is 6.92 Å². The van der Waals surface area contributed by atoms with Gasteiger partial charge in [-0.1, -0.05) is 6.07 Å². The van der Waals surface area contributed by atoms with Crippen LogP contribution in [0.15, 0.2) is 42.5 Å². The highest BCUT2D eigenvalue weighted by atomic mass is 32.1. The molecule has 2 aromatic carbocycles. The standard InChI is InChI=1S/C15H14N2OS/c1-10-2-7-14-13(8-10)17-15(19-14)9-16-11-3-5-12(18)6-4-11/h2-8,16,18H,9H2,1H3. The summed E-state index contributed by atoms with van der Waals surface area (Å²) in [4.78, 5) is 4.61. The van der Waals surface area contributed by atoms with E-state index in [1.807, 2.05) is 12.1 Å². The van der Waals surface area contributed by atoms with Crippen LogP contribution in [0.1, 0.15) is 10.6 Å². The van der Waals surface area contributed by atoms with Gasteiger partial charge in [0.15, 0.2) is 0 Å². The summed E-state index contributed by atoms with van der Waals surface area (Å²) in [5.41, 5.74) is 3.27. The summed E-state index contributed by atoms with van der Waals surface area (Å²) in [5.74, 6) is 0.279. The van der Waals surface area contributed by atoms with Gasteiger partial charge in [-0.3, -0.25) is 0 Å². The number of nitrogens with one attached hydrogen (secondary N) is 1. The topological polar surface area (TPSA) is 45.1 Å². The number of aromatic hydroxyl groups is 1. The number of fused-ring (bicyclic) bond motifs is 1. The Morgan fingerprint density at radius 1 is 1.16 bits per heavy atom. The van der Waals surface area contributed by atoms with Crippen molar-refractivity contribution in [3.8, 4) is 5.75 Å². The largest absolute Gasteiger partial charge is 0.508 e. The number of nitrogens with zero attached hydrogens (tertiary/aromatic N) is 1. The average Bonchev–Trinajstić information content (AvgIpc) is 2.80. The van der Waals surface area contributed by atoms with Crippen molar-refractivity contribution < 1.29 is 5.11 Å². The second-order valence-corrected chi connectivity index (χ2v) is 5.59. The summed E-state index contributed by atoms with van der Waals surface area (Å²) in [5, 5.41) is 13.6. The molecule has 2 N–H and O–H groups in total. The van der Waals surface area contributed by atoms with E-state index in [9.17, 15) is 5.11 Å². The molecule has 0 aliphatic rings. The van der Waals surface area contributed by atoms with E-state index in [1.54, 1.807) is 23.5 Å². The van der Waals surface area contributed by atoms with Crippen LogP contribution >= 0.6 is 11.3 Å². The van der Waals surface area contributed by atoms with Crippen LogP contribution in [-0.2, 0) is 6.54 Å². The number of rotatable bonds is 3. The van der Waals surface area contributed by atoms with Gasteiger partial charge in [-0.2, -0.15) is 0 Å². The number of thiazole rings is 1. The van der Waals surface area contributed by atoms with Gasteiger partial charge in [0, 0.05) is 5.69 Å². The van der Waals surface area contributed by atoms with Gasteiger partial charge >= 0.3 is 0 Å². The molecule has 3 aromatic rings. The Morgan fingerprint density at radius 2 is 1.95 bits per heavy atom. The third-order valence-corrected chi connectivity index (χ3v) is 3.93. The number of hydrogen-bond donors (Lipinski definition) is 2. The summed E-state index contributed by atoms with van der Waals surface area (Å²) in [6.45, 7) is 2.77. The molecule has 0 aliphatic heterocycles. The normalized spacial score (nSPS) is 10.8. The van der Waals surface area contributed by atoms with Crippen LogP contribution in [0.2, 0.25) is 0 Å². The Hall–Kier alpha value is -2.07. The maximum Gasteiger partial charge on any atom is 0.115 e. The highest BCUT2D eigenvalue weighted by Crippen LogP contribution is 2.24. The quantitative estimate of drug-likeness (QED) is 0.709. The molecule has 1 heterocycles. The van der Waals surface area contributed by atoms with Crippen LogP contribution in [0.4, 0.5) is 5.69 Å². The second-order valence-electron chi connectivity index (χ2n) is 4.48. The molecule has 19 heavy (non-hydrogen) atoms. The molecule has 0 saturated carbocycles. The van der Waals surface area contributed by atoms with Crippen molar-refractivity contribution in [2.75, 3.05) is 5.32 Å². The zero-order chi connectivity index (χ0) is 13.2. The minimum atomic E-state index is 0.279. The minimum Gasteiger partial charge on any atom is -0.508 e. The lowest BCUT2D eigenvalue weighted by molar-refractivity contribution is 0.475. The Bertz CT molecular complexity index is 704. The highest BCUT2D eigenvalue weighted by molar-refractivity contribution is 7.18. The molecule has 0 unspecified atom stereocenters. The molecule has 0 bridgehead atoms. The Morgan fingerprint density at radius 3 is 2.74 bits per heavy atom. The molecule has 0 saturated heterocycles. The zero-order valence-corrected chi connectivity index (χ0v) is 11.4. The fourth-order valence-electron chi connectivity index (χ4n) is 1.92. The van der Waals surface area contributed by atoms with E-state index in [-0.39, 0.29) is 5.75 Å². The molecule has 0 amide bonds. The summed E-state index contributed by atoms with van der Waals surface area (Å²) < 4.78 is 1.22. The molecular formula is C15H14N2OS. The van der Waals surface area contributed by atoms with Gasteiger partial charge in [-0.25, -0.2) is 4.98 Å². The number of aryl methyl sites for hydroxylation is 1. The summed E-state index contributed by atoms with van der Waals surface area (Å²) in [6.07, 6.45) is 0. The average molecular weight is 270 g/mol. The van der Waals surface area contributed by atoms with Gasteiger partial charge in [-0.05, 0) is 48.9 Å². The fourth-order valence-corrected chi connectivity index (χ4v) is 2.81. The summed E-state index contributed by atoms with van der Waals surface area (Å²) in [7, 11) is 0. The predicted molar refractivity (Wildman–Crippen MR) is 79.8 cm³/mol. The van der Waals surface area contributed by atoms with Crippen molar-refractivity contribution in [1.29, 1.82) is 0 Å². The Balaban J connectivity index is 1.76. The number of phenolic OH excluding ortho intramolecular Hbond substituents is 1. The molecule has 0 fully saturated rings. The van der Waals surface area contributed by atoms with E-state index in [2.05, 4.69) is 35.4 Å². The number of hydrogen-bond acceptors (Lipinski definition) is 4. The number of anilines is 1. The van der Waals surface area contributed by atoms with Gasteiger partial charge in [0.25, 0.3) is 0 Å². The first-order chi connectivity index (χ1) is 9.20. The maximum absolute atomic E-state index is 9.23. The molecule has 3 rings (SSSR count). The van der Waals surface area contributed by atoms with Crippen LogP contribution < -0.4 is 5.32 Å². The van der Waals surface area contributed by atoms with E-state index in [1.165, 1.54) is 10.3 Å². The predicted octanol–water partition coefficient (Wildman–Crippen LogP) is 3.92. The van der Waals surface area contributed by atoms with E-state index in [0.717, 1.165) is 16.2 Å². The van der Waals surface area contributed by atoms with Gasteiger partial charge < -0.3 is 10.4 Å². The van der Waals surface area contributed by atoms with E-state index >= 15 is 0 Å². The third-order valence-electron chi connectivity index (χ3n) is 2.90. The molecule has 0 spiro atoms. The van der Waals surface area contributed by atoms with E-state index in [4.69, 9.17) is 0 Å². The SMILES string of the molecule is Cc1ccc2sc(CNc3ccc(O)cc3)nc2c1. The molecule has 1 aromatic heterocycles. The van der Waals surface area contributed by atoms with Crippen molar-refractivity contribution in [2.24, 2.45) is 0 Å². The van der Waals surface area contributed by atoms with E-state index < -0.39 is 0 Å². The van der Waals surface area contributed by atoms with Crippen molar-refractivity contribution in [1.82, 2.24) is 4.98 Å². The van der Waals surface area contributed by atoms with Crippen LogP contribution in [0.3, 0.4) is 0 Å². The molecule has 0 radical (unpaired) electrons. The lowest BCUT2D eigenvalue weighted by Crippen LogP contribution is -1.98. The van der Waals surface area contributed by atoms with Gasteiger partial charge in [-0.15, -0.1) is 11.3 Å². The maximum atomic E-state index is 9.23. The highest BCUT2D eigenvalue weighted by Gasteiger charge is 2.03. The second kappa shape index (κ2) is 4.90. The summed E-state index contributed by atoms with van der Waals surface area (Å²) >= 11 is 1.71. The molecule has 96 valence electrons. The van der Waals surface area contributed by atoms with Gasteiger partial charge in [0.2, 0.25) is 0 Å². The first kappa shape index (κ1) is 12.0. The number of benzene rings is 2. The third kappa shape index (κ3) is 2.69. The van der Waals surface area contributed by atoms with Crippen LogP contribution in [-0.4, -0.2) is 10.1 Å². The molecule has 0 atom stereocenters. The van der Waals surface area contributed by atoms with Crippen LogP contribution in [0.5, 0.6) is 5.75 Å². The van der Waals surface area contributed by atoms with Crippen molar-refractivity contribution in [3.05, 3.63) is 53.0 Å². The first-order valence-electron chi connectivity index (χ1n) is 6.10. The monoisotopic (exact) mass is 270 g/mol. The van der Waals surface area contributed by atoms with Gasteiger partial charge in [0.05, 0.1) is 16.8 Å². The van der Waals surface area contributed by atoms with Crippen LogP contribution in [0.25, 0.3) is 10.2 Å². The molecular weight excluding hydrogens is 256 g/mol.